The lowest BCUT2D eigenvalue weighted by atomic mass is 10.4. The fourth-order valence-corrected chi connectivity index (χ4v) is 1.50. The van der Waals surface area contributed by atoms with Crippen LogP contribution in [0.25, 0.3) is 0 Å². The van der Waals surface area contributed by atoms with Crippen molar-refractivity contribution in [3.8, 4) is 0 Å². The van der Waals surface area contributed by atoms with E-state index >= 15 is 0 Å². The second-order valence-corrected chi connectivity index (χ2v) is 4.46. The summed E-state index contributed by atoms with van der Waals surface area (Å²) in [7, 11) is -1.51. The SMILES string of the molecule is CN1CCOC(OS(C)(=O)=O)C1. The highest BCUT2D eigenvalue weighted by atomic mass is 32.2. The molecule has 1 rings (SSSR count). The van der Waals surface area contributed by atoms with Crippen LogP contribution in [-0.4, -0.2) is 52.6 Å². The Hall–Kier alpha value is -0.170. The van der Waals surface area contributed by atoms with E-state index < -0.39 is 16.4 Å². The van der Waals surface area contributed by atoms with Crippen LogP contribution in [0, 0.1) is 0 Å². The van der Waals surface area contributed by atoms with E-state index in [1.54, 1.807) is 0 Å². The van der Waals surface area contributed by atoms with Gasteiger partial charge in [0.25, 0.3) is 10.1 Å². The van der Waals surface area contributed by atoms with Gasteiger partial charge in [0.05, 0.1) is 19.4 Å². The zero-order valence-electron chi connectivity index (χ0n) is 7.19. The van der Waals surface area contributed by atoms with Crippen LogP contribution in [0.15, 0.2) is 0 Å². The molecule has 6 heteroatoms. The number of hydrogen-bond acceptors (Lipinski definition) is 5. The molecule has 5 nitrogen and oxygen atoms in total. The molecule has 1 atom stereocenters. The molecule has 0 amide bonds. The van der Waals surface area contributed by atoms with E-state index in [1.165, 1.54) is 0 Å². The smallest absolute Gasteiger partial charge is 0.266 e. The van der Waals surface area contributed by atoms with Crippen LogP contribution in [0.3, 0.4) is 0 Å². The van der Waals surface area contributed by atoms with Gasteiger partial charge in [0.1, 0.15) is 0 Å². The fourth-order valence-electron chi connectivity index (χ4n) is 0.992. The molecule has 0 spiro atoms. The van der Waals surface area contributed by atoms with Gasteiger partial charge < -0.3 is 4.74 Å². The lowest BCUT2D eigenvalue weighted by molar-refractivity contribution is -0.122. The maximum absolute atomic E-state index is 10.7. The monoisotopic (exact) mass is 195 g/mol. The molecule has 72 valence electrons. The fraction of sp³-hybridized carbons (Fsp3) is 1.00. The molecule has 0 N–H and O–H groups in total. The maximum atomic E-state index is 10.7. The van der Waals surface area contributed by atoms with Gasteiger partial charge in [0.15, 0.2) is 6.29 Å². The quantitative estimate of drug-likeness (QED) is 0.543. The summed E-state index contributed by atoms with van der Waals surface area (Å²) in [5.74, 6) is 0. The van der Waals surface area contributed by atoms with Crippen LogP contribution >= 0.6 is 0 Å². The molecular weight excluding hydrogens is 182 g/mol. The van der Waals surface area contributed by atoms with Crippen molar-refractivity contribution >= 4 is 10.1 Å². The predicted molar refractivity (Wildman–Crippen MR) is 43.2 cm³/mol. The Morgan fingerprint density at radius 3 is 2.75 bits per heavy atom. The zero-order valence-corrected chi connectivity index (χ0v) is 8.00. The number of ether oxygens (including phenoxy) is 1. The Kier molecular flexibility index (Phi) is 3.05. The molecule has 0 saturated carbocycles. The summed E-state index contributed by atoms with van der Waals surface area (Å²) in [5, 5.41) is 0. The largest absolute Gasteiger partial charge is 0.349 e. The third kappa shape index (κ3) is 3.48. The zero-order chi connectivity index (χ0) is 9.19. The second-order valence-electron chi connectivity index (χ2n) is 2.86. The van der Waals surface area contributed by atoms with E-state index in [4.69, 9.17) is 4.74 Å². The molecule has 12 heavy (non-hydrogen) atoms. The lowest BCUT2D eigenvalue weighted by Crippen LogP contribution is -2.42. The maximum Gasteiger partial charge on any atom is 0.266 e. The van der Waals surface area contributed by atoms with Crippen molar-refractivity contribution < 1.29 is 17.3 Å². The van der Waals surface area contributed by atoms with E-state index in [1.807, 2.05) is 11.9 Å². The summed E-state index contributed by atoms with van der Waals surface area (Å²) >= 11 is 0. The molecule has 1 fully saturated rings. The van der Waals surface area contributed by atoms with Crippen molar-refractivity contribution in [1.82, 2.24) is 4.90 Å². The van der Waals surface area contributed by atoms with Gasteiger partial charge >= 0.3 is 0 Å². The average molecular weight is 195 g/mol. The van der Waals surface area contributed by atoms with Gasteiger partial charge in [-0.05, 0) is 7.05 Å². The average Bonchev–Trinajstić information content (AvgIpc) is 1.82. The second kappa shape index (κ2) is 3.69. The van der Waals surface area contributed by atoms with Crippen LogP contribution in [0.2, 0.25) is 0 Å². The van der Waals surface area contributed by atoms with E-state index in [0.29, 0.717) is 13.2 Å². The lowest BCUT2D eigenvalue weighted by Gasteiger charge is -2.28. The molecule has 0 aliphatic carbocycles. The highest BCUT2D eigenvalue weighted by molar-refractivity contribution is 7.86. The number of morpholine rings is 1. The molecule has 1 unspecified atom stereocenters. The van der Waals surface area contributed by atoms with Crippen molar-refractivity contribution in [3.05, 3.63) is 0 Å². The molecule has 0 aromatic carbocycles. The van der Waals surface area contributed by atoms with Crippen LogP contribution < -0.4 is 0 Å². The highest BCUT2D eigenvalue weighted by Gasteiger charge is 2.21. The van der Waals surface area contributed by atoms with Crippen LogP contribution in [0.5, 0.6) is 0 Å². The molecule has 0 radical (unpaired) electrons. The van der Waals surface area contributed by atoms with Crippen molar-refractivity contribution in [1.29, 1.82) is 0 Å². The van der Waals surface area contributed by atoms with Gasteiger partial charge in [-0.15, -0.1) is 0 Å². The molecule has 1 saturated heterocycles. The van der Waals surface area contributed by atoms with Gasteiger partial charge in [-0.1, -0.05) is 0 Å². The Morgan fingerprint density at radius 2 is 2.25 bits per heavy atom. The van der Waals surface area contributed by atoms with Crippen molar-refractivity contribution in [2.75, 3.05) is 33.0 Å². The standard InChI is InChI=1S/C6H13NO4S/c1-7-3-4-10-6(5-7)11-12(2,8)9/h6H,3-5H2,1-2H3. The van der Waals surface area contributed by atoms with Gasteiger partial charge in [-0.3, -0.25) is 4.90 Å². The van der Waals surface area contributed by atoms with Crippen molar-refractivity contribution in [2.45, 2.75) is 6.29 Å². The van der Waals surface area contributed by atoms with Gasteiger partial charge in [0, 0.05) is 6.54 Å². The molecule has 1 aliphatic rings. The number of hydrogen-bond donors (Lipinski definition) is 0. The predicted octanol–water partition coefficient (Wildman–Crippen LogP) is -0.749. The van der Waals surface area contributed by atoms with Crippen LogP contribution in [0.1, 0.15) is 0 Å². The van der Waals surface area contributed by atoms with E-state index in [-0.39, 0.29) is 0 Å². The summed E-state index contributed by atoms with van der Waals surface area (Å²) in [5.41, 5.74) is 0. The minimum absolute atomic E-state index is 0.493. The molecule has 0 bridgehead atoms. The van der Waals surface area contributed by atoms with E-state index in [9.17, 15) is 8.42 Å². The molecular formula is C6H13NO4S. The van der Waals surface area contributed by atoms with Crippen molar-refractivity contribution in [2.24, 2.45) is 0 Å². The van der Waals surface area contributed by atoms with Crippen molar-refractivity contribution in [3.63, 3.8) is 0 Å². The normalized spacial score (nSPS) is 27.3. The third-order valence-electron chi connectivity index (χ3n) is 1.52. The first-order valence-electron chi connectivity index (χ1n) is 3.66. The first kappa shape index (κ1) is 9.91. The molecule has 1 heterocycles. The van der Waals surface area contributed by atoms with Crippen LogP contribution in [-0.2, 0) is 19.0 Å². The van der Waals surface area contributed by atoms with E-state index in [0.717, 1.165) is 12.8 Å². The summed E-state index contributed by atoms with van der Waals surface area (Å²) in [6.07, 6.45) is 0.379. The van der Waals surface area contributed by atoms with Gasteiger partial charge in [-0.2, -0.15) is 8.42 Å². The minimum atomic E-state index is -3.40. The Labute approximate surface area is 72.4 Å². The Morgan fingerprint density at radius 1 is 1.58 bits per heavy atom. The summed E-state index contributed by atoms with van der Waals surface area (Å²) in [6.45, 7) is 1.81. The number of nitrogens with zero attached hydrogens (tertiary/aromatic N) is 1. The summed E-state index contributed by atoms with van der Waals surface area (Å²) in [4.78, 5) is 1.96. The summed E-state index contributed by atoms with van der Waals surface area (Å²) in [6, 6.07) is 0. The van der Waals surface area contributed by atoms with Gasteiger partial charge in [-0.25, -0.2) is 4.18 Å². The third-order valence-corrected chi connectivity index (χ3v) is 2.08. The van der Waals surface area contributed by atoms with Crippen LogP contribution in [0.4, 0.5) is 0 Å². The first-order chi connectivity index (χ1) is 5.47. The van der Waals surface area contributed by atoms with E-state index in [2.05, 4.69) is 4.18 Å². The van der Waals surface area contributed by atoms with Gasteiger partial charge in [0.2, 0.25) is 0 Å². The first-order valence-corrected chi connectivity index (χ1v) is 5.47. The molecule has 0 aromatic rings. The molecule has 0 aromatic heterocycles. The highest BCUT2D eigenvalue weighted by Crippen LogP contribution is 2.06. The molecule has 1 aliphatic heterocycles. The number of likely N-dealkylation sites (N-methyl/N-ethyl adjacent to an activating group) is 1. The Bertz CT molecular complexity index is 238. The topological polar surface area (TPSA) is 55.8 Å². The Balaban J connectivity index is 2.43. The summed E-state index contributed by atoms with van der Waals surface area (Å²) < 4.78 is 31.1. The minimum Gasteiger partial charge on any atom is -0.349 e. The number of rotatable bonds is 2.